The molecule has 0 bridgehead atoms. The summed E-state index contributed by atoms with van der Waals surface area (Å²) in [6.07, 6.45) is 3.45. The van der Waals surface area contributed by atoms with Gasteiger partial charge in [0.1, 0.15) is 5.75 Å². The molecule has 140 valence electrons. The number of para-hydroxylation sites is 2. The Hall–Kier alpha value is -2.47. The highest BCUT2D eigenvalue weighted by atomic mass is 32.2. The number of benzene rings is 2. The summed E-state index contributed by atoms with van der Waals surface area (Å²) in [6, 6.07) is 16.0. The maximum absolute atomic E-state index is 12.6. The largest absolute Gasteiger partial charge is 0.497 e. The van der Waals surface area contributed by atoms with Gasteiger partial charge >= 0.3 is 0 Å². The number of carbonyl (C=O) groups is 1. The Labute approximate surface area is 163 Å². The fourth-order valence-electron chi connectivity index (χ4n) is 3.44. The summed E-state index contributed by atoms with van der Waals surface area (Å²) in [5, 5.41) is 0.840. The van der Waals surface area contributed by atoms with Crippen molar-refractivity contribution in [2.24, 2.45) is 0 Å². The number of fused-ring (bicyclic) bond motifs is 1. The van der Waals surface area contributed by atoms with E-state index >= 15 is 0 Å². The summed E-state index contributed by atoms with van der Waals surface area (Å²) in [5.41, 5.74) is 2.98. The molecule has 27 heavy (non-hydrogen) atoms. The van der Waals surface area contributed by atoms with Gasteiger partial charge in [0.2, 0.25) is 5.91 Å². The van der Waals surface area contributed by atoms with Gasteiger partial charge in [0.15, 0.2) is 5.16 Å². The average Bonchev–Trinajstić information content (AvgIpc) is 3.11. The highest BCUT2D eigenvalue weighted by Gasteiger charge is 2.19. The molecule has 1 fully saturated rings. The highest BCUT2D eigenvalue weighted by Crippen LogP contribution is 2.29. The van der Waals surface area contributed by atoms with Gasteiger partial charge in [-0.25, -0.2) is 4.98 Å². The van der Waals surface area contributed by atoms with E-state index in [2.05, 4.69) is 10.6 Å². The molecule has 4 rings (SSSR count). The lowest BCUT2D eigenvalue weighted by Gasteiger charge is -2.26. The van der Waals surface area contributed by atoms with Gasteiger partial charge < -0.3 is 9.64 Å². The maximum atomic E-state index is 12.6. The minimum absolute atomic E-state index is 0.202. The molecule has 1 amide bonds. The van der Waals surface area contributed by atoms with Crippen LogP contribution in [0.25, 0.3) is 16.7 Å². The first-order valence-corrected chi connectivity index (χ1v) is 10.3. The SMILES string of the molecule is COc1ccc(-n2c(SCC(=O)N3CCCCC3)nc3ccccc32)cc1. The van der Waals surface area contributed by atoms with E-state index in [9.17, 15) is 4.79 Å². The molecule has 1 aromatic heterocycles. The molecular formula is C21H23N3O2S. The maximum Gasteiger partial charge on any atom is 0.233 e. The number of thioether (sulfide) groups is 1. The molecular weight excluding hydrogens is 358 g/mol. The second-order valence-corrected chi connectivity index (χ2v) is 7.59. The van der Waals surface area contributed by atoms with Gasteiger partial charge in [-0.15, -0.1) is 0 Å². The number of amides is 1. The van der Waals surface area contributed by atoms with Crippen LogP contribution in [0.4, 0.5) is 0 Å². The molecule has 0 atom stereocenters. The summed E-state index contributed by atoms with van der Waals surface area (Å²) in [5.74, 6) is 1.44. The van der Waals surface area contributed by atoms with Crippen molar-refractivity contribution in [1.29, 1.82) is 0 Å². The van der Waals surface area contributed by atoms with Crippen LogP contribution in [0.15, 0.2) is 53.7 Å². The molecule has 2 aromatic carbocycles. The number of hydrogen-bond acceptors (Lipinski definition) is 4. The topological polar surface area (TPSA) is 47.4 Å². The molecule has 0 saturated carbocycles. The molecule has 0 spiro atoms. The van der Waals surface area contributed by atoms with Gasteiger partial charge in [-0.3, -0.25) is 9.36 Å². The smallest absolute Gasteiger partial charge is 0.233 e. The molecule has 2 heterocycles. The summed E-state index contributed by atoms with van der Waals surface area (Å²) in [7, 11) is 1.66. The number of rotatable bonds is 5. The predicted octanol–water partition coefficient (Wildman–Crippen LogP) is 4.14. The van der Waals surface area contributed by atoms with Crippen molar-refractivity contribution in [3.05, 3.63) is 48.5 Å². The minimum atomic E-state index is 0.202. The van der Waals surface area contributed by atoms with Crippen molar-refractivity contribution in [1.82, 2.24) is 14.5 Å². The van der Waals surface area contributed by atoms with Gasteiger partial charge in [-0.2, -0.15) is 0 Å². The summed E-state index contributed by atoms with van der Waals surface area (Å²) in [6.45, 7) is 1.77. The van der Waals surface area contributed by atoms with Crippen molar-refractivity contribution in [3.63, 3.8) is 0 Å². The zero-order valence-corrected chi connectivity index (χ0v) is 16.2. The van der Waals surface area contributed by atoms with E-state index < -0.39 is 0 Å². The van der Waals surface area contributed by atoms with E-state index in [-0.39, 0.29) is 5.91 Å². The van der Waals surface area contributed by atoms with E-state index in [1.165, 1.54) is 18.2 Å². The molecule has 6 heteroatoms. The van der Waals surface area contributed by atoms with Crippen LogP contribution < -0.4 is 4.74 Å². The van der Waals surface area contributed by atoms with Gasteiger partial charge in [-0.05, 0) is 55.7 Å². The van der Waals surface area contributed by atoms with Crippen LogP contribution in [-0.2, 0) is 4.79 Å². The predicted molar refractivity (Wildman–Crippen MR) is 109 cm³/mol. The fraction of sp³-hybridized carbons (Fsp3) is 0.333. The van der Waals surface area contributed by atoms with Crippen molar-refractivity contribution in [3.8, 4) is 11.4 Å². The van der Waals surface area contributed by atoms with E-state index in [1.54, 1.807) is 7.11 Å². The molecule has 5 nitrogen and oxygen atoms in total. The van der Waals surface area contributed by atoms with Crippen LogP contribution >= 0.6 is 11.8 Å². The van der Waals surface area contributed by atoms with Crippen molar-refractivity contribution >= 4 is 28.7 Å². The number of carbonyl (C=O) groups excluding carboxylic acids is 1. The third kappa shape index (κ3) is 3.81. The Morgan fingerprint density at radius 2 is 1.81 bits per heavy atom. The van der Waals surface area contributed by atoms with Crippen LogP contribution in [0, 0.1) is 0 Å². The number of likely N-dealkylation sites (tertiary alicyclic amines) is 1. The Bertz CT molecular complexity index is 930. The quantitative estimate of drug-likeness (QED) is 0.623. The number of methoxy groups -OCH3 is 1. The molecule has 0 aliphatic carbocycles. The standard InChI is InChI=1S/C21H23N3O2S/c1-26-17-11-9-16(10-12-17)24-19-8-4-3-7-18(19)22-21(24)27-15-20(25)23-13-5-2-6-14-23/h3-4,7-12H,2,5-6,13-15H2,1H3. The Balaban J connectivity index is 1.62. The molecule has 1 aliphatic heterocycles. The van der Waals surface area contributed by atoms with Gasteiger partial charge in [0, 0.05) is 18.8 Å². The van der Waals surface area contributed by atoms with Crippen molar-refractivity contribution < 1.29 is 9.53 Å². The molecule has 1 saturated heterocycles. The number of nitrogens with zero attached hydrogens (tertiary/aromatic N) is 3. The molecule has 3 aromatic rings. The van der Waals surface area contributed by atoms with E-state index in [4.69, 9.17) is 9.72 Å². The van der Waals surface area contributed by atoms with Crippen LogP contribution in [0.5, 0.6) is 5.75 Å². The highest BCUT2D eigenvalue weighted by molar-refractivity contribution is 7.99. The Morgan fingerprint density at radius 3 is 2.56 bits per heavy atom. The lowest BCUT2D eigenvalue weighted by Crippen LogP contribution is -2.36. The summed E-state index contributed by atoms with van der Waals surface area (Å²) >= 11 is 1.51. The first-order chi connectivity index (χ1) is 13.3. The lowest BCUT2D eigenvalue weighted by molar-refractivity contribution is -0.129. The van der Waals surface area contributed by atoms with Crippen LogP contribution in [-0.4, -0.2) is 46.3 Å². The van der Waals surface area contributed by atoms with Crippen LogP contribution in [0.2, 0.25) is 0 Å². The number of imidazole rings is 1. The number of aromatic nitrogens is 2. The lowest BCUT2D eigenvalue weighted by atomic mass is 10.1. The third-order valence-electron chi connectivity index (χ3n) is 4.89. The molecule has 1 aliphatic rings. The van der Waals surface area contributed by atoms with E-state index in [1.807, 2.05) is 47.4 Å². The summed E-state index contributed by atoms with van der Waals surface area (Å²) in [4.78, 5) is 19.3. The number of ether oxygens (including phenoxy) is 1. The molecule has 0 unspecified atom stereocenters. The van der Waals surface area contributed by atoms with Crippen LogP contribution in [0.3, 0.4) is 0 Å². The zero-order valence-electron chi connectivity index (χ0n) is 15.4. The Kier molecular flexibility index (Phi) is 5.34. The van der Waals surface area contributed by atoms with E-state index in [0.29, 0.717) is 5.75 Å². The van der Waals surface area contributed by atoms with Crippen LogP contribution in [0.1, 0.15) is 19.3 Å². The van der Waals surface area contributed by atoms with Crippen molar-refractivity contribution in [2.75, 3.05) is 26.0 Å². The average molecular weight is 382 g/mol. The fourth-order valence-corrected chi connectivity index (χ4v) is 4.37. The first kappa shape index (κ1) is 17.9. The second-order valence-electron chi connectivity index (χ2n) is 6.65. The Morgan fingerprint density at radius 1 is 1.07 bits per heavy atom. The van der Waals surface area contributed by atoms with E-state index in [0.717, 1.165) is 53.6 Å². The third-order valence-corrected chi connectivity index (χ3v) is 5.82. The second kappa shape index (κ2) is 8.05. The number of hydrogen-bond donors (Lipinski definition) is 0. The zero-order chi connectivity index (χ0) is 18.6. The normalized spacial score (nSPS) is 14.5. The monoisotopic (exact) mass is 381 g/mol. The molecule has 0 radical (unpaired) electrons. The minimum Gasteiger partial charge on any atom is -0.497 e. The summed E-state index contributed by atoms with van der Waals surface area (Å²) < 4.78 is 7.38. The van der Waals surface area contributed by atoms with Gasteiger partial charge in [-0.1, -0.05) is 23.9 Å². The first-order valence-electron chi connectivity index (χ1n) is 9.29. The van der Waals surface area contributed by atoms with Gasteiger partial charge in [0.25, 0.3) is 0 Å². The number of piperidine rings is 1. The van der Waals surface area contributed by atoms with Gasteiger partial charge in [0.05, 0.1) is 23.9 Å². The molecule has 0 N–H and O–H groups in total. The van der Waals surface area contributed by atoms with Crippen molar-refractivity contribution in [2.45, 2.75) is 24.4 Å².